The van der Waals surface area contributed by atoms with Gasteiger partial charge in [-0.3, -0.25) is 4.79 Å². The zero-order valence-corrected chi connectivity index (χ0v) is 10.0. The molecule has 0 saturated carbocycles. The first-order valence-corrected chi connectivity index (χ1v) is 5.79. The van der Waals surface area contributed by atoms with Gasteiger partial charge in [-0.1, -0.05) is 13.0 Å². The second-order valence-corrected chi connectivity index (χ2v) is 4.15. The van der Waals surface area contributed by atoms with Gasteiger partial charge in [-0.2, -0.15) is 5.26 Å². The van der Waals surface area contributed by atoms with Crippen LogP contribution in [0.5, 0.6) is 0 Å². The van der Waals surface area contributed by atoms with Crippen molar-refractivity contribution in [3.8, 4) is 6.07 Å². The largest absolute Gasteiger partial charge is 0.334 e. The number of urea groups is 1. The van der Waals surface area contributed by atoms with Gasteiger partial charge in [0.15, 0.2) is 0 Å². The first-order chi connectivity index (χ1) is 8.65. The van der Waals surface area contributed by atoms with E-state index in [9.17, 15) is 9.59 Å². The summed E-state index contributed by atoms with van der Waals surface area (Å²) in [5.41, 5.74) is 0.858. The summed E-state index contributed by atoms with van der Waals surface area (Å²) in [7, 11) is 0. The van der Waals surface area contributed by atoms with Crippen LogP contribution in [0.3, 0.4) is 0 Å². The van der Waals surface area contributed by atoms with Gasteiger partial charge in [0.1, 0.15) is 0 Å². The Labute approximate surface area is 105 Å². The molecule has 1 unspecified atom stereocenters. The van der Waals surface area contributed by atoms with Crippen molar-refractivity contribution in [1.29, 1.82) is 5.26 Å². The maximum absolute atomic E-state index is 12.0. The predicted molar refractivity (Wildman–Crippen MR) is 65.9 cm³/mol. The molecule has 1 saturated heterocycles. The summed E-state index contributed by atoms with van der Waals surface area (Å²) in [6, 6.07) is 7.92. The quantitative estimate of drug-likeness (QED) is 0.860. The highest BCUT2D eigenvalue weighted by Gasteiger charge is 2.32. The SMILES string of the molecule is CCC1CC(=O)N(c2cccc(C#N)c2)C(=O)N1. The Kier molecular flexibility index (Phi) is 3.28. The monoisotopic (exact) mass is 243 g/mol. The van der Waals surface area contributed by atoms with E-state index in [-0.39, 0.29) is 11.9 Å². The van der Waals surface area contributed by atoms with Gasteiger partial charge in [0.2, 0.25) is 5.91 Å². The molecule has 1 heterocycles. The van der Waals surface area contributed by atoms with Crippen LogP contribution in [0.15, 0.2) is 24.3 Å². The molecule has 2 rings (SSSR count). The summed E-state index contributed by atoms with van der Waals surface area (Å²) in [5.74, 6) is -0.235. The van der Waals surface area contributed by atoms with E-state index in [0.29, 0.717) is 17.7 Å². The molecular weight excluding hydrogens is 230 g/mol. The molecule has 0 radical (unpaired) electrons. The molecule has 1 N–H and O–H groups in total. The van der Waals surface area contributed by atoms with Gasteiger partial charge in [0.05, 0.1) is 17.3 Å². The molecular formula is C13H13N3O2. The number of anilines is 1. The van der Waals surface area contributed by atoms with E-state index in [2.05, 4.69) is 5.32 Å². The standard InChI is InChI=1S/C13H13N3O2/c1-2-10-7-12(17)16(13(18)15-10)11-5-3-4-9(6-11)8-14/h3-6,10H,2,7H2,1H3,(H,15,18). The Morgan fingerprint density at radius 1 is 1.50 bits per heavy atom. The van der Waals surface area contributed by atoms with Crippen molar-refractivity contribution in [2.75, 3.05) is 4.90 Å². The van der Waals surface area contributed by atoms with E-state index in [1.165, 1.54) is 6.07 Å². The van der Waals surface area contributed by atoms with E-state index in [1.54, 1.807) is 18.2 Å². The van der Waals surface area contributed by atoms with Crippen molar-refractivity contribution in [1.82, 2.24) is 5.32 Å². The van der Waals surface area contributed by atoms with Crippen molar-refractivity contribution in [2.24, 2.45) is 0 Å². The van der Waals surface area contributed by atoms with Crippen LogP contribution in [0, 0.1) is 11.3 Å². The minimum absolute atomic E-state index is 0.0969. The zero-order chi connectivity index (χ0) is 13.1. The van der Waals surface area contributed by atoms with Crippen LogP contribution in [0.1, 0.15) is 25.3 Å². The van der Waals surface area contributed by atoms with E-state index in [1.807, 2.05) is 13.0 Å². The van der Waals surface area contributed by atoms with Crippen molar-refractivity contribution >= 4 is 17.6 Å². The van der Waals surface area contributed by atoms with E-state index in [0.717, 1.165) is 11.3 Å². The van der Waals surface area contributed by atoms with Gasteiger partial charge in [0, 0.05) is 12.5 Å². The minimum Gasteiger partial charge on any atom is -0.334 e. The van der Waals surface area contributed by atoms with Gasteiger partial charge in [-0.25, -0.2) is 9.69 Å². The van der Waals surface area contributed by atoms with Crippen LogP contribution < -0.4 is 10.2 Å². The summed E-state index contributed by atoms with van der Waals surface area (Å²) in [6.07, 6.45) is 1.02. The first-order valence-electron chi connectivity index (χ1n) is 5.79. The Morgan fingerprint density at radius 2 is 2.28 bits per heavy atom. The molecule has 0 aromatic heterocycles. The third-order valence-corrected chi connectivity index (χ3v) is 2.93. The van der Waals surface area contributed by atoms with Crippen LogP contribution in [-0.4, -0.2) is 18.0 Å². The minimum atomic E-state index is -0.423. The molecule has 1 aromatic rings. The average molecular weight is 243 g/mol. The average Bonchev–Trinajstić information content (AvgIpc) is 2.38. The molecule has 0 spiro atoms. The lowest BCUT2D eigenvalue weighted by atomic mass is 10.1. The Hall–Kier alpha value is -2.35. The number of rotatable bonds is 2. The predicted octanol–water partition coefficient (Wildman–Crippen LogP) is 1.78. The highest BCUT2D eigenvalue weighted by Crippen LogP contribution is 2.21. The fourth-order valence-electron chi connectivity index (χ4n) is 1.93. The Bertz CT molecular complexity index is 515. The van der Waals surface area contributed by atoms with Crippen LogP contribution in [0.25, 0.3) is 0 Å². The number of imide groups is 1. The molecule has 3 amide bonds. The molecule has 5 heteroatoms. The molecule has 1 aliphatic rings. The fraction of sp³-hybridized carbons (Fsp3) is 0.308. The summed E-state index contributed by atoms with van der Waals surface area (Å²) < 4.78 is 0. The molecule has 5 nitrogen and oxygen atoms in total. The van der Waals surface area contributed by atoms with Crippen LogP contribution >= 0.6 is 0 Å². The summed E-state index contributed by atoms with van der Waals surface area (Å²) in [4.78, 5) is 24.9. The Morgan fingerprint density at radius 3 is 2.89 bits per heavy atom. The number of benzene rings is 1. The number of carbonyl (C=O) groups is 2. The molecule has 1 atom stereocenters. The third-order valence-electron chi connectivity index (χ3n) is 2.93. The smallest absolute Gasteiger partial charge is 0.328 e. The number of nitrogens with one attached hydrogen (secondary N) is 1. The number of carbonyl (C=O) groups excluding carboxylic acids is 2. The third kappa shape index (κ3) is 2.18. The second-order valence-electron chi connectivity index (χ2n) is 4.15. The van der Waals surface area contributed by atoms with E-state index >= 15 is 0 Å². The molecule has 1 aliphatic heterocycles. The number of amides is 3. The van der Waals surface area contributed by atoms with Crippen LogP contribution in [0.2, 0.25) is 0 Å². The summed E-state index contributed by atoms with van der Waals surface area (Å²) >= 11 is 0. The highest BCUT2D eigenvalue weighted by atomic mass is 16.2. The number of nitrogens with zero attached hydrogens (tertiary/aromatic N) is 2. The van der Waals surface area contributed by atoms with Crippen LogP contribution in [0.4, 0.5) is 10.5 Å². The van der Waals surface area contributed by atoms with Crippen molar-refractivity contribution < 1.29 is 9.59 Å². The summed E-state index contributed by atoms with van der Waals surface area (Å²) in [6.45, 7) is 1.92. The zero-order valence-electron chi connectivity index (χ0n) is 10.0. The summed E-state index contributed by atoms with van der Waals surface area (Å²) in [5, 5.41) is 11.6. The van der Waals surface area contributed by atoms with Gasteiger partial charge in [-0.15, -0.1) is 0 Å². The fourth-order valence-corrected chi connectivity index (χ4v) is 1.93. The molecule has 0 bridgehead atoms. The number of nitriles is 1. The highest BCUT2D eigenvalue weighted by molar-refractivity contribution is 6.16. The molecule has 1 fully saturated rings. The van der Waals surface area contributed by atoms with Crippen molar-refractivity contribution in [3.63, 3.8) is 0 Å². The second kappa shape index (κ2) is 4.88. The lowest BCUT2D eigenvalue weighted by Gasteiger charge is -2.30. The number of hydrogen-bond donors (Lipinski definition) is 1. The topological polar surface area (TPSA) is 73.2 Å². The van der Waals surface area contributed by atoms with Crippen LogP contribution in [-0.2, 0) is 4.79 Å². The molecule has 92 valence electrons. The van der Waals surface area contributed by atoms with Gasteiger partial charge >= 0.3 is 6.03 Å². The normalized spacial score (nSPS) is 19.3. The van der Waals surface area contributed by atoms with Crippen molar-refractivity contribution in [2.45, 2.75) is 25.8 Å². The van der Waals surface area contributed by atoms with E-state index < -0.39 is 6.03 Å². The van der Waals surface area contributed by atoms with Crippen molar-refractivity contribution in [3.05, 3.63) is 29.8 Å². The lowest BCUT2D eigenvalue weighted by molar-refractivity contribution is -0.119. The maximum Gasteiger partial charge on any atom is 0.328 e. The van der Waals surface area contributed by atoms with Gasteiger partial charge < -0.3 is 5.32 Å². The Balaban J connectivity index is 2.30. The maximum atomic E-state index is 12.0. The number of hydrogen-bond acceptors (Lipinski definition) is 3. The van der Waals surface area contributed by atoms with E-state index in [4.69, 9.17) is 5.26 Å². The molecule has 1 aromatic carbocycles. The van der Waals surface area contributed by atoms with Gasteiger partial charge in [-0.05, 0) is 24.6 Å². The lowest BCUT2D eigenvalue weighted by Crippen LogP contribution is -2.54. The first kappa shape index (κ1) is 12.1. The van der Waals surface area contributed by atoms with Gasteiger partial charge in [0.25, 0.3) is 0 Å². The molecule has 0 aliphatic carbocycles. The molecule has 18 heavy (non-hydrogen) atoms.